The van der Waals surface area contributed by atoms with Crippen molar-refractivity contribution in [1.82, 2.24) is 0 Å². The number of ether oxygens (including phenoxy) is 1. The summed E-state index contributed by atoms with van der Waals surface area (Å²) >= 11 is 3.17. The number of benzene rings is 1. The van der Waals surface area contributed by atoms with Gasteiger partial charge in [-0.3, -0.25) is 4.79 Å². The van der Waals surface area contributed by atoms with Crippen LogP contribution >= 0.6 is 26.6 Å². The summed E-state index contributed by atoms with van der Waals surface area (Å²) in [4.78, 5) is 13.2. The van der Waals surface area contributed by atoms with Crippen molar-refractivity contribution in [3.8, 4) is 5.75 Å². The van der Waals surface area contributed by atoms with Gasteiger partial charge in [-0.15, -0.1) is 0 Å². The molecule has 1 unspecified atom stereocenters. The number of amides is 1. The van der Waals surface area contributed by atoms with E-state index in [0.29, 0.717) is 16.8 Å². The smallest absolute Gasteiger partial charge is 0.237 e. The second-order valence-corrected chi connectivity index (χ2v) is 8.24. The summed E-state index contributed by atoms with van der Waals surface area (Å²) in [7, 11) is 1.44. The Morgan fingerprint density at radius 1 is 1.52 bits per heavy atom. The molecule has 1 atom stereocenters. The molecule has 1 aromatic carbocycles. The van der Waals surface area contributed by atoms with Crippen LogP contribution in [0.1, 0.15) is 13.3 Å². The fourth-order valence-electron chi connectivity index (χ4n) is 2.13. The van der Waals surface area contributed by atoms with Gasteiger partial charge in [0.1, 0.15) is 11.1 Å². The maximum Gasteiger partial charge on any atom is 0.237 e. The van der Waals surface area contributed by atoms with E-state index in [1.54, 1.807) is 6.92 Å². The first-order valence-electron chi connectivity index (χ1n) is 6.09. The highest BCUT2D eigenvalue weighted by Crippen LogP contribution is 2.39. The minimum Gasteiger partial charge on any atom is -0.490 e. The van der Waals surface area contributed by atoms with Gasteiger partial charge in [-0.05, 0) is 28.9 Å². The molecule has 21 heavy (non-hydrogen) atoms. The van der Waals surface area contributed by atoms with E-state index in [0.717, 1.165) is 6.07 Å². The Hall–Kier alpha value is -0.860. The van der Waals surface area contributed by atoms with Crippen LogP contribution in [0.25, 0.3) is 0 Å². The first-order chi connectivity index (χ1) is 9.74. The van der Waals surface area contributed by atoms with Crippen molar-refractivity contribution >= 4 is 47.3 Å². The third kappa shape index (κ3) is 3.49. The van der Waals surface area contributed by atoms with Gasteiger partial charge in [0, 0.05) is 29.7 Å². The summed E-state index contributed by atoms with van der Waals surface area (Å²) in [6.45, 7) is 1.94. The quantitative estimate of drug-likeness (QED) is 0.729. The van der Waals surface area contributed by atoms with Crippen LogP contribution < -0.4 is 9.64 Å². The number of carbonyl (C=O) groups excluding carboxylic acids is 1. The maximum absolute atomic E-state index is 13.6. The topological polar surface area (TPSA) is 63.7 Å². The molecule has 1 amide bonds. The van der Waals surface area contributed by atoms with Crippen molar-refractivity contribution in [3.63, 3.8) is 0 Å². The van der Waals surface area contributed by atoms with Crippen molar-refractivity contribution in [2.45, 2.75) is 18.6 Å². The van der Waals surface area contributed by atoms with E-state index in [2.05, 4.69) is 15.9 Å². The molecule has 1 aliphatic heterocycles. The predicted octanol–water partition coefficient (Wildman–Crippen LogP) is 2.66. The Labute approximate surface area is 134 Å². The van der Waals surface area contributed by atoms with Gasteiger partial charge in [-0.1, -0.05) is 0 Å². The van der Waals surface area contributed by atoms with Gasteiger partial charge in [0.25, 0.3) is 0 Å². The lowest BCUT2D eigenvalue weighted by atomic mass is 10.2. The number of anilines is 1. The standard InChI is InChI=1S/C12H12BrClFNO4S/c1-2-20-12-9(13)3-7(15)4-10(12)16-6-8(5-11(16)17)21(14,18)19/h3-4,8H,2,5-6H2,1H3. The van der Waals surface area contributed by atoms with Crippen LogP contribution in [0.5, 0.6) is 5.75 Å². The monoisotopic (exact) mass is 399 g/mol. The molecule has 1 heterocycles. The van der Waals surface area contributed by atoms with E-state index in [9.17, 15) is 17.6 Å². The first-order valence-corrected chi connectivity index (χ1v) is 9.26. The van der Waals surface area contributed by atoms with Crippen molar-refractivity contribution in [3.05, 3.63) is 22.4 Å². The SMILES string of the molecule is CCOc1c(Br)cc(F)cc1N1CC(S(=O)(=O)Cl)CC1=O. The highest BCUT2D eigenvalue weighted by atomic mass is 79.9. The molecule has 0 radical (unpaired) electrons. The van der Waals surface area contributed by atoms with E-state index in [1.807, 2.05) is 0 Å². The lowest BCUT2D eigenvalue weighted by molar-refractivity contribution is -0.117. The molecule has 5 nitrogen and oxygen atoms in total. The minimum absolute atomic E-state index is 0.124. The van der Waals surface area contributed by atoms with E-state index < -0.39 is 26.0 Å². The van der Waals surface area contributed by atoms with Crippen molar-refractivity contribution in [1.29, 1.82) is 0 Å². The van der Waals surface area contributed by atoms with Crippen LogP contribution in [0, 0.1) is 5.82 Å². The van der Waals surface area contributed by atoms with Gasteiger partial charge in [0.15, 0.2) is 5.75 Å². The Morgan fingerprint density at radius 3 is 2.71 bits per heavy atom. The predicted molar refractivity (Wildman–Crippen MR) is 80.8 cm³/mol. The van der Waals surface area contributed by atoms with Gasteiger partial charge in [0.05, 0.1) is 16.8 Å². The molecule has 0 saturated carbocycles. The molecule has 0 aliphatic carbocycles. The summed E-state index contributed by atoms with van der Waals surface area (Å²) in [5.74, 6) is -0.715. The number of hydrogen-bond acceptors (Lipinski definition) is 4. The third-order valence-corrected chi connectivity index (χ3v) is 5.51. The van der Waals surface area contributed by atoms with Crippen LogP contribution in [0.2, 0.25) is 0 Å². The first kappa shape index (κ1) is 16.5. The molecular formula is C12H12BrClFNO4S. The lowest BCUT2D eigenvalue weighted by Crippen LogP contribution is -2.27. The zero-order valence-corrected chi connectivity index (χ0v) is 14.1. The molecule has 0 N–H and O–H groups in total. The number of halogens is 3. The minimum atomic E-state index is -3.86. The van der Waals surface area contributed by atoms with Gasteiger partial charge in [-0.25, -0.2) is 12.8 Å². The summed E-state index contributed by atoms with van der Waals surface area (Å²) < 4.78 is 42.1. The fraction of sp³-hybridized carbons (Fsp3) is 0.417. The van der Waals surface area contributed by atoms with E-state index in [1.165, 1.54) is 11.0 Å². The molecule has 116 valence electrons. The normalized spacial score (nSPS) is 19.1. The Bertz CT molecular complexity index is 682. The summed E-state index contributed by atoms with van der Waals surface area (Å²) in [6, 6.07) is 2.35. The zero-order chi connectivity index (χ0) is 15.8. The molecule has 2 rings (SSSR count). The second-order valence-electron chi connectivity index (χ2n) is 4.47. The summed E-state index contributed by atoms with van der Waals surface area (Å²) in [5.41, 5.74) is 0.191. The zero-order valence-electron chi connectivity index (χ0n) is 11.0. The van der Waals surface area contributed by atoms with Crippen LogP contribution in [0.3, 0.4) is 0 Å². The van der Waals surface area contributed by atoms with Crippen LogP contribution in [-0.4, -0.2) is 32.7 Å². The average molecular weight is 401 g/mol. The fourth-order valence-corrected chi connectivity index (χ4v) is 3.69. The van der Waals surface area contributed by atoms with Gasteiger partial charge < -0.3 is 9.64 Å². The third-order valence-electron chi connectivity index (χ3n) is 3.06. The second kappa shape index (κ2) is 6.10. The van der Waals surface area contributed by atoms with Crippen molar-refractivity contribution < 1.29 is 22.3 Å². The molecule has 9 heteroatoms. The Balaban J connectivity index is 2.44. The lowest BCUT2D eigenvalue weighted by Gasteiger charge is -2.21. The number of carbonyl (C=O) groups is 1. The number of nitrogens with zero attached hydrogens (tertiary/aromatic N) is 1. The van der Waals surface area contributed by atoms with E-state index >= 15 is 0 Å². The molecule has 1 saturated heterocycles. The largest absolute Gasteiger partial charge is 0.490 e. The summed E-state index contributed by atoms with van der Waals surface area (Å²) in [5, 5.41) is -1.01. The molecule has 1 fully saturated rings. The van der Waals surface area contributed by atoms with E-state index in [4.69, 9.17) is 15.4 Å². The molecule has 0 bridgehead atoms. The van der Waals surface area contributed by atoms with Crippen molar-refractivity contribution in [2.24, 2.45) is 0 Å². The highest BCUT2D eigenvalue weighted by molar-refractivity contribution is 9.10. The van der Waals surface area contributed by atoms with Crippen LogP contribution in [0.4, 0.5) is 10.1 Å². The average Bonchev–Trinajstić information content (AvgIpc) is 2.74. The molecular weight excluding hydrogens is 389 g/mol. The van der Waals surface area contributed by atoms with Gasteiger partial charge in [-0.2, -0.15) is 0 Å². The van der Waals surface area contributed by atoms with Gasteiger partial charge >= 0.3 is 0 Å². The number of rotatable bonds is 4. The maximum atomic E-state index is 13.6. The van der Waals surface area contributed by atoms with E-state index in [-0.39, 0.29) is 18.7 Å². The summed E-state index contributed by atoms with van der Waals surface area (Å²) in [6.07, 6.45) is -0.231. The number of hydrogen-bond donors (Lipinski definition) is 0. The highest BCUT2D eigenvalue weighted by Gasteiger charge is 2.39. The molecule has 1 aliphatic rings. The molecule has 0 aromatic heterocycles. The Morgan fingerprint density at radius 2 is 2.19 bits per heavy atom. The molecule has 1 aromatic rings. The Kier molecular flexibility index (Phi) is 4.79. The van der Waals surface area contributed by atoms with Crippen molar-refractivity contribution in [2.75, 3.05) is 18.1 Å². The van der Waals surface area contributed by atoms with Crippen LogP contribution in [0.15, 0.2) is 16.6 Å². The van der Waals surface area contributed by atoms with Gasteiger partial charge in [0.2, 0.25) is 15.0 Å². The molecule has 0 spiro atoms. The van der Waals surface area contributed by atoms with Crippen LogP contribution in [-0.2, 0) is 13.8 Å².